The first-order valence-electron chi connectivity index (χ1n) is 8.58. The van der Waals surface area contributed by atoms with E-state index in [1.807, 2.05) is 32.0 Å². The van der Waals surface area contributed by atoms with Crippen LogP contribution in [-0.2, 0) is 4.79 Å². The third kappa shape index (κ3) is 3.72. The highest BCUT2D eigenvalue weighted by atomic mass is 32.1. The quantitative estimate of drug-likeness (QED) is 0.369. The molecule has 0 bridgehead atoms. The number of nitrogens with zero attached hydrogens (tertiary/aromatic N) is 3. The smallest absolute Gasteiger partial charge is 0.293 e. The fourth-order valence-corrected chi connectivity index (χ4v) is 3.47. The molecule has 0 aromatic heterocycles. The van der Waals surface area contributed by atoms with Crippen LogP contribution >= 0.6 is 12.2 Å². The summed E-state index contributed by atoms with van der Waals surface area (Å²) in [6.45, 7) is 3.91. The van der Waals surface area contributed by atoms with E-state index in [4.69, 9.17) is 12.2 Å². The maximum Gasteiger partial charge on any atom is 0.293 e. The van der Waals surface area contributed by atoms with E-state index in [9.17, 15) is 14.9 Å². The average Bonchev–Trinajstić information content (AvgIpc) is 2.87. The van der Waals surface area contributed by atoms with Crippen molar-refractivity contribution in [1.82, 2.24) is 5.32 Å². The molecule has 0 spiro atoms. The second kappa shape index (κ2) is 7.40. The topological polar surface area (TPSA) is 78.7 Å². The van der Waals surface area contributed by atoms with Crippen molar-refractivity contribution in [3.63, 3.8) is 0 Å². The van der Waals surface area contributed by atoms with Crippen LogP contribution in [0.1, 0.15) is 16.7 Å². The van der Waals surface area contributed by atoms with E-state index in [1.165, 1.54) is 11.0 Å². The molecule has 2 aromatic rings. The van der Waals surface area contributed by atoms with Gasteiger partial charge < -0.3 is 10.2 Å². The number of rotatable bonds is 4. The molecule has 3 rings (SSSR count). The zero-order valence-electron chi connectivity index (χ0n) is 16.0. The highest BCUT2D eigenvalue weighted by Gasteiger charge is 2.32. The fraction of sp³-hybridized carbons (Fsp3) is 0.200. The summed E-state index contributed by atoms with van der Waals surface area (Å²) < 4.78 is 0. The number of carbonyl (C=O) groups excluding carboxylic acids is 1. The van der Waals surface area contributed by atoms with Gasteiger partial charge in [-0.15, -0.1) is 0 Å². The van der Waals surface area contributed by atoms with Gasteiger partial charge in [-0.25, -0.2) is 0 Å². The normalized spacial score (nSPS) is 15.1. The average molecular weight is 396 g/mol. The first kappa shape index (κ1) is 19.5. The van der Waals surface area contributed by atoms with Crippen LogP contribution in [-0.4, -0.2) is 30.0 Å². The predicted octanol–water partition coefficient (Wildman–Crippen LogP) is 3.54. The van der Waals surface area contributed by atoms with E-state index in [2.05, 4.69) is 5.32 Å². The fourth-order valence-electron chi connectivity index (χ4n) is 3.17. The van der Waals surface area contributed by atoms with Gasteiger partial charge in [0, 0.05) is 20.2 Å². The summed E-state index contributed by atoms with van der Waals surface area (Å²) in [5.41, 5.74) is 4.02. The molecule has 0 atom stereocenters. The SMILES string of the molecule is Cc1cc(C)cc(N2C(=O)/C(=C/c3ccc(N(C)C)c([N+](=O)[O-])c3)NC2=S)c1. The first-order chi connectivity index (χ1) is 13.2. The number of nitrogens with one attached hydrogen (secondary N) is 1. The van der Waals surface area contributed by atoms with Crippen LogP contribution in [0.15, 0.2) is 42.1 Å². The number of carbonyl (C=O) groups is 1. The number of hydrogen-bond acceptors (Lipinski definition) is 5. The number of nitro groups is 1. The summed E-state index contributed by atoms with van der Waals surface area (Å²) in [6.07, 6.45) is 1.57. The van der Waals surface area contributed by atoms with Crippen LogP contribution < -0.4 is 15.1 Å². The Morgan fingerprint density at radius 3 is 2.36 bits per heavy atom. The number of anilines is 2. The van der Waals surface area contributed by atoms with Crippen LogP contribution in [0.3, 0.4) is 0 Å². The van der Waals surface area contributed by atoms with Gasteiger partial charge >= 0.3 is 0 Å². The molecule has 1 fully saturated rings. The lowest BCUT2D eigenvalue weighted by molar-refractivity contribution is -0.384. The molecular weight excluding hydrogens is 376 g/mol. The Morgan fingerprint density at radius 1 is 1.14 bits per heavy atom. The molecule has 1 heterocycles. The Balaban J connectivity index is 1.98. The van der Waals surface area contributed by atoms with Gasteiger partial charge in [0.15, 0.2) is 5.11 Å². The van der Waals surface area contributed by atoms with Crippen molar-refractivity contribution < 1.29 is 9.72 Å². The molecular formula is C20H20N4O3S. The number of benzene rings is 2. The predicted molar refractivity (Wildman–Crippen MR) is 115 cm³/mol. The Labute approximate surface area is 168 Å². The molecule has 1 N–H and O–H groups in total. The Kier molecular flexibility index (Phi) is 5.15. The second-order valence-electron chi connectivity index (χ2n) is 6.87. The van der Waals surface area contributed by atoms with Crippen molar-refractivity contribution in [3.8, 4) is 0 Å². The summed E-state index contributed by atoms with van der Waals surface area (Å²) in [5.74, 6) is -0.297. The van der Waals surface area contributed by atoms with Crippen LogP contribution in [0.4, 0.5) is 17.1 Å². The van der Waals surface area contributed by atoms with Gasteiger partial charge in [0.05, 0.1) is 10.6 Å². The summed E-state index contributed by atoms with van der Waals surface area (Å²) in [6, 6.07) is 10.6. The van der Waals surface area contributed by atoms with Crippen LogP contribution in [0.5, 0.6) is 0 Å². The second-order valence-corrected chi connectivity index (χ2v) is 7.26. The maximum absolute atomic E-state index is 12.9. The number of amides is 1. The lowest BCUT2D eigenvalue weighted by Gasteiger charge is -2.15. The molecule has 2 aromatic carbocycles. The molecule has 8 heteroatoms. The van der Waals surface area contributed by atoms with Crippen molar-refractivity contribution in [1.29, 1.82) is 0 Å². The summed E-state index contributed by atoms with van der Waals surface area (Å²) in [5, 5.41) is 14.6. The third-order valence-electron chi connectivity index (χ3n) is 4.33. The molecule has 1 aliphatic rings. The van der Waals surface area contributed by atoms with Gasteiger partial charge in [0.1, 0.15) is 11.4 Å². The molecule has 0 aliphatic carbocycles. The molecule has 1 aliphatic heterocycles. The standard InChI is InChI=1S/C20H20N4O3S/c1-12-7-13(2)9-15(8-12)23-19(25)16(21-20(23)28)10-14-5-6-17(22(3)4)18(11-14)24(26)27/h5-11H,1-4H3,(H,21,28)/b16-10-. The minimum atomic E-state index is -0.437. The van der Waals surface area contributed by atoms with E-state index >= 15 is 0 Å². The van der Waals surface area contributed by atoms with Gasteiger partial charge in [-0.1, -0.05) is 12.1 Å². The Bertz CT molecular complexity index is 1010. The summed E-state index contributed by atoms with van der Waals surface area (Å²) in [4.78, 5) is 27.0. The zero-order valence-corrected chi connectivity index (χ0v) is 16.8. The van der Waals surface area contributed by atoms with E-state index < -0.39 is 4.92 Å². The molecule has 0 unspecified atom stereocenters. The van der Waals surface area contributed by atoms with Crippen LogP contribution in [0.2, 0.25) is 0 Å². The molecule has 144 valence electrons. The van der Waals surface area contributed by atoms with Crippen molar-refractivity contribution in [2.75, 3.05) is 23.9 Å². The number of aryl methyl sites for hydroxylation is 2. The van der Waals surface area contributed by atoms with Crippen molar-refractivity contribution in [2.24, 2.45) is 0 Å². The lowest BCUT2D eigenvalue weighted by atomic mass is 10.1. The lowest BCUT2D eigenvalue weighted by Crippen LogP contribution is -2.30. The van der Waals surface area contributed by atoms with Crippen molar-refractivity contribution >= 4 is 46.4 Å². The van der Waals surface area contributed by atoms with E-state index in [-0.39, 0.29) is 22.4 Å². The summed E-state index contributed by atoms with van der Waals surface area (Å²) >= 11 is 5.34. The number of thiocarbonyl (C=S) groups is 1. The zero-order chi connectivity index (χ0) is 20.6. The monoisotopic (exact) mass is 396 g/mol. The highest BCUT2D eigenvalue weighted by molar-refractivity contribution is 7.80. The molecule has 1 amide bonds. The minimum absolute atomic E-state index is 0.0291. The van der Waals surface area contributed by atoms with E-state index in [0.717, 1.165) is 11.1 Å². The largest absolute Gasteiger partial charge is 0.372 e. The minimum Gasteiger partial charge on any atom is -0.372 e. The molecule has 0 radical (unpaired) electrons. The van der Waals surface area contributed by atoms with Gasteiger partial charge in [-0.2, -0.15) is 0 Å². The number of nitro benzene ring substituents is 1. The molecule has 28 heavy (non-hydrogen) atoms. The maximum atomic E-state index is 12.9. The number of hydrogen-bond donors (Lipinski definition) is 1. The van der Waals surface area contributed by atoms with E-state index in [0.29, 0.717) is 16.9 Å². The van der Waals surface area contributed by atoms with Gasteiger partial charge in [-0.3, -0.25) is 19.8 Å². The van der Waals surface area contributed by atoms with Crippen LogP contribution in [0, 0.1) is 24.0 Å². The first-order valence-corrected chi connectivity index (χ1v) is 8.99. The highest BCUT2D eigenvalue weighted by Crippen LogP contribution is 2.30. The van der Waals surface area contributed by atoms with Crippen LogP contribution in [0.25, 0.3) is 6.08 Å². The van der Waals surface area contributed by atoms with Crippen molar-refractivity contribution in [3.05, 3.63) is 68.9 Å². The van der Waals surface area contributed by atoms with Gasteiger partial charge in [0.25, 0.3) is 11.6 Å². The summed E-state index contributed by atoms with van der Waals surface area (Å²) in [7, 11) is 3.48. The Morgan fingerprint density at radius 2 is 1.79 bits per heavy atom. The van der Waals surface area contributed by atoms with E-state index in [1.54, 1.807) is 37.2 Å². The molecule has 0 saturated carbocycles. The Hall–Kier alpha value is -3.26. The molecule has 7 nitrogen and oxygen atoms in total. The third-order valence-corrected chi connectivity index (χ3v) is 4.62. The molecule has 1 saturated heterocycles. The van der Waals surface area contributed by atoms with Gasteiger partial charge in [0.2, 0.25) is 0 Å². The van der Waals surface area contributed by atoms with Crippen molar-refractivity contribution in [2.45, 2.75) is 13.8 Å². The van der Waals surface area contributed by atoms with Gasteiger partial charge in [-0.05, 0) is 67.0 Å².